The first-order valence-corrected chi connectivity index (χ1v) is 7.13. The number of para-hydroxylation sites is 1. The first kappa shape index (κ1) is 13.7. The van der Waals surface area contributed by atoms with E-state index >= 15 is 0 Å². The first-order chi connectivity index (χ1) is 10.2. The smallest absolute Gasteiger partial charge is 0.307 e. The topological polar surface area (TPSA) is 71.2 Å². The van der Waals surface area contributed by atoms with Crippen LogP contribution in [0.3, 0.4) is 0 Å². The minimum atomic E-state index is -0.287. The van der Waals surface area contributed by atoms with Crippen LogP contribution in [-0.4, -0.2) is 30.0 Å². The maximum absolute atomic E-state index is 12.5. The molecule has 2 N–H and O–H groups in total. The monoisotopic (exact) mass is 286 g/mol. The lowest BCUT2D eigenvalue weighted by Crippen LogP contribution is -2.38. The number of esters is 1. The van der Waals surface area contributed by atoms with E-state index in [9.17, 15) is 9.59 Å². The minimum absolute atomic E-state index is 0.143. The molecule has 1 aromatic heterocycles. The third kappa shape index (κ3) is 2.91. The molecule has 1 fully saturated rings. The molecule has 0 spiro atoms. The Morgan fingerprint density at radius 3 is 2.90 bits per heavy atom. The van der Waals surface area contributed by atoms with Crippen LogP contribution in [0.2, 0.25) is 0 Å². The van der Waals surface area contributed by atoms with E-state index in [-0.39, 0.29) is 24.3 Å². The summed E-state index contributed by atoms with van der Waals surface area (Å²) in [5.41, 5.74) is 1.43. The van der Waals surface area contributed by atoms with Crippen LogP contribution in [0, 0.1) is 5.92 Å². The molecule has 0 unspecified atom stereocenters. The summed E-state index contributed by atoms with van der Waals surface area (Å²) in [7, 11) is 1.37. The molecule has 0 aliphatic heterocycles. The van der Waals surface area contributed by atoms with Gasteiger partial charge in [0.05, 0.1) is 24.6 Å². The highest BCUT2D eigenvalue weighted by atomic mass is 16.5. The van der Waals surface area contributed by atoms with Crippen molar-refractivity contribution < 1.29 is 14.3 Å². The number of aromatic nitrogens is 1. The maximum atomic E-state index is 12.5. The normalized spacial score (nSPS) is 15.7. The second-order valence-corrected chi connectivity index (χ2v) is 5.45. The average Bonchev–Trinajstić information content (AvgIpc) is 3.22. The molecular weight excluding hydrogens is 268 g/mol. The molecule has 1 aromatic carbocycles. The summed E-state index contributed by atoms with van der Waals surface area (Å²) < 4.78 is 4.71. The van der Waals surface area contributed by atoms with Gasteiger partial charge in [0.15, 0.2) is 0 Å². The minimum Gasteiger partial charge on any atom is -0.469 e. The highest BCUT2D eigenvalue weighted by Crippen LogP contribution is 2.34. The zero-order chi connectivity index (χ0) is 14.8. The highest BCUT2D eigenvalue weighted by Gasteiger charge is 2.34. The number of hydrogen-bond acceptors (Lipinski definition) is 3. The molecule has 2 aromatic rings. The Morgan fingerprint density at radius 2 is 2.19 bits per heavy atom. The third-order valence-corrected chi connectivity index (χ3v) is 3.95. The Bertz CT molecular complexity index is 673. The summed E-state index contributed by atoms with van der Waals surface area (Å²) in [4.78, 5) is 27.0. The van der Waals surface area contributed by atoms with Crippen LogP contribution in [-0.2, 0) is 9.53 Å². The van der Waals surface area contributed by atoms with Crippen molar-refractivity contribution in [3.8, 4) is 0 Å². The van der Waals surface area contributed by atoms with Crippen molar-refractivity contribution in [2.45, 2.75) is 25.3 Å². The molecule has 0 radical (unpaired) electrons. The second-order valence-electron chi connectivity index (χ2n) is 5.45. The van der Waals surface area contributed by atoms with Gasteiger partial charge in [0, 0.05) is 17.6 Å². The number of aromatic amines is 1. The summed E-state index contributed by atoms with van der Waals surface area (Å²) in [6.45, 7) is 0. The molecule has 1 aliphatic carbocycles. The Morgan fingerprint density at radius 1 is 1.38 bits per heavy atom. The zero-order valence-electron chi connectivity index (χ0n) is 11.9. The molecule has 21 heavy (non-hydrogen) atoms. The van der Waals surface area contributed by atoms with Gasteiger partial charge in [-0.05, 0) is 30.9 Å². The van der Waals surface area contributed by atoms with Gasteiger partial charge >= 0.3 is 5.97 Å². The van der Waals surface area contributed by atoms with E-state index in [0.717, 1.165) is 23.7 Å². The van der Waals surface area contributed by atoms with Gasteiger partial charge in [-0.25, -0.2) is 0 Å². The SMILES string of the molecule is COC(=O)C[C@@H](NC(=O)c1cccc2cc[nH]c12)C1CC1. The Kier molecular flexibility index (Phi) is 3.64. The van der Waals surface area contributed by atoms with Gasteiger partial charge in [0.2, 0.25) is 0 Å². The van der Waals surface area contributed by atoms with Gasteiger partial charge in [-0.2, -0.15) is 0 Å². The summed E-state index contributed by atoms with van der Waals surface area (Å²) in [6, 6.07) is 7.39. The van der Waals surface area contributed by atoms with Crippen LogP contribution < -0.4 is 5.32 Å². The van der Waals surface area contributed by atoms with Crippen LogP contribution >= 0.6 is 0 Å². The molecule has 5 nitrogen and oxygen atoms in total. The average molecular weight is 286 g/mol. The van der Waals surface area contributed by atoms with E-state index in [1.54, 1.807) is 6.07 Å². The number of carbonyl (C=O) groups is 2. The lowest BCUT2D eigenvalue weighted by molar-refractivity contribution is -0.141. The molecule has 0 bridgehead atoms. The van der Waals surface area contributed by atoms with Crippen LogP contribution in [0.25, 0.3) is 10.9 Å². The number of ether oxygens (including phenoxy) is 1. The summed E-state index contributed by atoms with van der Waals surface area (Å²) in [6.07, 6.45) is 4.14. The van der Waals surface area contributed by atoms with E-state index in [1.165, 1.54) is 7.11 Å². The quantitative estimate of drug-likeness (QED) is 0.828. The maximum Gasteiger partial charge on any atom is 0.307 e. The van der Waals surface area contributed by atoms with Gasteiger partial charge in [0.1, 0.15) is 0 Å². The number of rotatable bonds is 5. The van der Waals surface area contributed by atoms with E-state index in [4.69, 9.17) is 4.74 Å². The van der Waals surface area contributed by atoms with Crippen molar-refractivity contribution in [1.82, 2.24) is 10.3 Å². The lowest BCUT2D eigenvalue weighted by Gasteiger charge is -2.17. The lowest BCUT2D eigenvalue weighted by atomic mass is 10.1. The van der Waals surface area contributed by atoms with Crippen molar-refractivity contribution in [3.63, 3.8) is 0 Å². The summed E-state index contributed by atoms with van der Waals surface area (Å²) in [5, 5.41) is 3.98. The number of benzene rings is 1. The van der Waals surface area contributed by atoms with Crippen LogP contribution in [0.1, 0.15) is 29.6 Å². The highest BCUT2D eigenvalue weighted by molar-refractivity contribution is 6.05. The van der Waals surface area contributed by atoms with Crippen molar-refractivity contribution >= 4 is 22.8 Å². The van der Waals surface area contributed by atoms with Crippen LogP contribution in [0.4, 0.5) is 0 Å². The largest absolute Gasteiger partial charge is 0.469 e. The van der Waals surface area contributed by atoms with Crippen molar-refractivity contribution in [2.24, 2.45) is 5.92 Å². The summed E-state index contributed by atoms with van der Waals surface area (Å²) in [5.74, 6) is -0.0509. The van der Waals surface area contributed by atoms with Gasteiger partial charge in [-0.1, -0.05) is 12.1 Å². The van der Waals surface area contributed by atoms with Crippen molar-refractivity contribution in [3.05, 3.63) is 36.0 Å². The van der Waals surface area contributed by atoms with Gasteiger partial charge < -0.3 is 15.0 Å². The predicted octanol–water partition coefficient (Wildman–Crippen LogP) is 2.24. The van der Waals surface area contributed by atoms with Crippen LogP contribution in [0.5, 0.6) is 0 Å². The molecule has 5 heteroatoms. The number of H-pyrrole nitrogens is 1. The molecule has 3 rings (SSSR count). The van der Waals surface area contributed by atoms with Gasteiger partial charge in [-0.3, -0.25) is 9.59 Å². The third-order valence-electron chi connectivity index (χ3n) is 3.95. The Labute approximate surface area is 122 Å². The predicted molar refractivity (Wildman–Crippen MR) is 78.9 cm³/mol. The fourth-order valence-corrected chi connectivity index (χ4v) is 2.62. The number of nitrogens with one attached hydrogen (secondary N) is 2. The number of methoxy groups -OCH3 is 1. The molecule has 0 saturated heterocycles. The molecule has 1 heterocycles. The van der Waals surface area contributed by atoms with Gasteiger partial charge in [-0.15, -0.1) is 0 Å². The van der Waals surface area contributed by atoms with Crippen molar-refractivity contribution in [1.29, 1.82) is 0 Å². The zero-order valence-corrected chi connectivity index (χ0v) is 11.9. The number of carbonyl (C=O) groups excluding carboxylic acids is 2. The molecule has 110 valence electrons. The molecule has 1 aliphatic rings. The van der Waals surface area contributed by atoms with Crippen LogP contribution in [0.15, 0.2) is 30.5 Å². The van der Waals surface area contributed by atoms with Gasteiger partial charge in [0.25, 0.3) is 5.91 Å². The fourth-order valence-electron chi connectivity index (χ4n) is 2.62. The Hall–Kier alpha value is -2.30. The van der Waals surface area contributed by atoms with E-state index in [1.807, 2.05) is 24.4 Å². The van der Waals surface area contributed by atoms with E-state index in [0.29, 0.717) is 11.5 Å². The molecule has 1 atom stereocenters. The number of fused-ring (bicyclic) bond motifs is 1. The van der Waals surface area contributed by atoms with E-state index < -0.39 is 0 Å². The second kappa shape index (κ2) is 5.60. The molecule has 1 amide bonds. The van der Waals surface area contributed by atoms with Crippen molar-refractivity contribution in [2.75, 3.05) is 7.11 Å². The number of amides is 1. The fraction of sp³-hybridized carbons (Fsp3) is 0.375. The Balaban J connectivity index is 1.78. The molecular formula is C16H18N2O3. The van der Waals surface area contributed by atoms with E-state index in [2.05, 4.69) is 10.3 Å². The number of hydrogen-bond donors (Lipinski definition) is 2. The molecule has 1 saturated carbocycles. The standard InChI is InChI=1S/C16H18N2O3/c1-21-14(19)9-13(10-5-6-10)18-16(20)12-4-2-3-11-7-8-17-15(11)12/h2-4,7-8,10,13,17H,5-6,9H2,1H3,(H,18,20)/t13-/m1/s1. The first-order valence-electron chi connectivity index (χ1n) is 7.13. The summed E-state index contributed by atoms with van der Waals surface area (Å²) >= 11 is 0.